The molecule has 0 saturated heterocycles. The van der Waals surface area contributed by atoms with Crippen LogP contribution in [0.3, 0.4) is 0 Å². The minimum absolute atomic E-state index is 0.0214. The summed E-state index contributed by atoms with van der Waals surface area (Å²) in [7, 11) is -2.43. The van der Waals surface area contributed by atoms with E-state index >= 15 is 0 Å². The fourth-order valence-electron chi connectivity index (χ4n) is 1.98. The van der Waals surface area contributed by atoms with E-state index in [0.717, 1.165) is 0 Å². The molecular weight excluding hydrogens is 368 g/mol. The highest BCUT2D eigenvalue weighted by atomic mass is 35.5. The third kappa shape index (κ3) is 5.04. The van der Waals surface area contributed by atoms with E-state index in [0.29, 0.717) is 5.56 Å². The molecule has 0 aliphatic carbocycles. The molecule has 0 unspecified atom stereocenters. The lowest BCUT2D eigenvalue weighted by Gasteiger charge is -2.07. The maximum atomic E-state index is 12.2. The Morgan fingerprint density at radius 3 is 2.28 bits per heavy atom. The Hall–Kier alpha value is -2.38. The lowest BCUT2D eigenvalue weighted by atomic mass is 10.2. The van der Waals surface area contributed by atoms with Gasteiger partial charge in [-0.25, -0.2) is 13.2 Å². The first-order valence-corrected chi connectivity index (χ1v) is 9.23. The van der Waals surface area contributed by atoms with E-state index in [1.807, 2.05) is 0 Å². The average molecular weight is 383 g/mol. The highest BCUT2D eigenvalue weighted by Crippen LogP contribution is 2.22. The first kappa shape index (κ1) is 19.0. The van der Waals surface area contributed by atoms with Crippen LogP contribution in [0.5, 0.6) is 5.75 Å². The van der Waals surface area contributed by atoms with Crippen LogP contribution < -0.4 is 4.74 Å². The molecule has 2 aromatic carbocycles. The molecule has 0 radical (unpaired) electrons. The second-order valence-corrected chi connectivity index (χ2v) is 7.47. The van der Waals surface area contributed by atoms with Crippen LogP contribution >= 0.6 is 11.6 Å². The topological polar surface area (TPSA) is 86.7 Å². The number of carbonyl (C=O) groups excluding carboxylic acids is 2. The Kier molecular flexibility index (Phi) is 6.17. The van der Waals surface area contributed by atoms with Crippen molar-refractivity contribution in [3.63, 3.8) is 0 Å². The normalized spacial score (nSPS) is 11.0. The van der Waals surface area contributed by atoms with E-state index in [4.69, 9.17) is 16.3 Å². The Balaban J connectivity index is 1.97. The quantitative estimate of drug-likeness (QED) is 0.564. The summed E-state index contributed by atoms with van der Waals surface area (Å²) < 4.78 is 34.1. The Morgan fingerprint density at radius 2 is 1.68 bits per heavy atom. The van der Waals surface area contributed by atoms with Crippen LogP contribution in [-0.2, 0) is 19.4 Å². The van der Waals surface area contributed by atoms with Gasteiger partial charge in [0.2, 0.25) is 0 Å². The molecule has 0 fully saturated rings. The Labute approximate surface area is 150 Å². The van der Waals surface area contributed by atoms with Crippen LogP contribution in [0.25, 0.3) is 0 Å². The van der Waals surface area contributed by atoms with Gasteiger partial charge in [0.1, 0.15) is 5.75 Å². The smallest absolute Gasteiger partial charge is 0.337 e. The highest BCUT2D eigenvalue weighted by molar-refractivity contribution is 7.91. The predicted molar refractivity (Wildman–Crippen MR) is 91.5 cm³/mol. The lowest BCUT2D eigenvalue weighted by molar-refractivity contribution is -0.133. The molecule has 0 bridgehead atoms. The number of esters is 2. The summed E-state index contributed by atoms with van der Waals surface area (Å²) in [4.78, 5) is 23.1. The second kappa shape index (κ2) is 8.13. The van der Waals surface area contributed by atoms with Crippen molar-refractivity contribution in [2.75, 3.05) is 12.9 Å². The highest BCUT2D eigenvalue weighted by Gasteiger charge is 2.20. The van der Waals surface area contributed by atoms with E-state index in [9.17, 15) is 18.0 Å². The molecule has 132 valence electrons. The number of rotatable bonds is 6. The van der Waals surface area contributed by atoms with Crippen LogP contribution in [0.1, 0.15) is 16.8 Å². The number of hydrogen-bond donors (Lipinski definition) is 0. The van der Waals surface area contributed by atoms with Crippen molar-refractivity contribution in [1.82, 2.24) is 0 Å². The maximum absolute atomic E-state index is 12.2. The van der Waals surface area contributed by atoms with E-state index in [2.05, 4.69) is 4.74 Å². The minimum Gasteiger partial charge on any atom is -0.465 e. The van der Waals surface area contributed by atoms with E-state index in [-0.39, 0.29) is 22.1 Å². The summed E-state index contributed by atoms with van der Waals surface area (Å²) in [6.45, 7) is 0. The molecule has 0 aromatic heterocycles. The molecule has 2 rings (SSSR count). The lowest BCUT2D eigenvalue weighted by Crippen LogP contribution is -2.16. The zero-order valence-electron chi connectivity index (χ0n) is 13.3. The zero-order valence-corrected chi connectivity index (χ0v) is 14.8. The SMILES string of the molecule is COC(=O)c1ccc(OC(=O)CCS(=O)(=O)c2ccccc2Cl)cc1. The van der Waals surface area contributed by atoms with Gasteiger partial charge in [0.15, 0.2) is 9.84 Å². The van der Waals surface area contributed by atoms with E-state index < -0.39 is 27.5 Å². The second-order valence-electron chi connectivity index (χ2n) is 4.99. The molecule has 0 amide bonds. The van der Waals surface area contributed by atoms with Gasteiger partial charge < -0.3 is 9.47 Å². The fraction of sp³-hybridized carbons (Fsp3) is 0.176. The summed E-state index contributed by atoms with van der Waals surface area (Å²) in [5.41, 5.74) is 0.309. The van der Waals surface area contributed by atoms with Gasteiger partial charge in [-0.1, -0.05) is 23.7 Å². The first-order valence-electron chi connectivity index (χ1n) is 7.20. The number of halogens is 1. The number of carbonyl (C=O) groups is 2. The van der Waals surface area contributed by atoms with Crippen molar-refractivity contribution in [2.45, 2.75) is 11.3 Å². The average Bonchev–Trinajstić information content (AvgIpc) is 2.60. The van der Waals surface area contributed by atoms with Crippen molar-refractivity contribution in [3.05, 3.63) is 59.1 Å². The van der Waals surface area contributed by atoms with Gasteiger partial charge in [0.05, 0.1) is 34.8 Å². The molecule has 8 heteroatoms. The van der Waals surface area contributed by atoms with E-state index in [1.165, 1.54) is 43.5 Å². The zero-order chi connectivity index (χ0) is 18.4. The third-order valence-electron chi connectivity index (χ3n) is 3.25. The predicted octanol–water partition coefficient (Wildman–Crippen LogP) is 2.90. The van der Waals surface area contributed by atoms with E-state index in [1.54, 1.807) is 12.1 Å². The van der Waals surface area contributed by atoms with Gasteiger partial charge >= 0.3 is 11.9 Å². The molecule has 0 N–H and O–H groups in total. The monoisotopic (exact) mass is 382 g/mol. The van der Waals surface area contributed by atoms with Gasteiger partial charge in [-0.3, -0.25) is 4.79 Å². The molecule has 25 heavy (non-hydrogen) atoms. The van der Waals surface area contributed by atoms with Gasteiger partial charge in [0.25, 0.3) is 0 Å². The van der Waals surface area contributed by atoms with Gasteiger partial charge in [-0.2, -0.15) is 0 Å². The number of sulfone groups is 1. The molecule has 0 atom stereocenters. The van der Waals surface area contributed by atoms with Crippen molar-refractivity contribution >= 4 is 33.4 Å². The number of benzene rings is 2. The standard InChI is InChI=1S/C17H15ClO6S/c1-23-17(20)12-6-8-13(9-7-12)24-16(19)10-11-25(21,22)15-5-3-2-4-14(15)18/h2-9H,10-11H2,1H3. The van der Waals surface area contributed by atoms with Crippen LogP contribution in [-0.4, -0.2) is 33.2 Å². The molecule has 0 aliphatic heterocycles. The molecule has 0 spiro atoms. The summed E-state index contributed by atoms with van der Waals surface area (Å²) in [6.07, 6.45) is -0.327. The summed E-state index contributed by atoms with van der Waals surface area (Å²) >= 11 is 5.87. The molecule has 0 aliphatic rings. The molecule has 2 aromatic rings. The molecule has 0 saturated carbocycles. The van der Waals surface area contributed by atoms with Gasteiger partial charge in [0, 0.05) is 0 Å². The minimum atomic E-state index is -3.69. The Morgan fingerprint density at radius 1 is 1.04 bits per heavy atom. The number of methoxy groups -OCH3 is 1. The molecule has 0 heterocycles. The fourth-order valence-corrected chi connectivity index (χ4v) is 3.78. The Bertz CT molecular complexity index is 874. The van der Waals surface area contributed by atoms with Crippen LogP contribution in [0.4, 0.5) is 0 Å². The summed E-state index contributed by atoms with van der Waals surface area (Å²) in [6, 6.07) is 11.8. The van der Waals surface area contributed by atoms with Crippen molar-refractivity contribution in [1.29, 1.82) is 0 Å². The maximum Gasteiger partial charge on any atom is 0.337 e. The third-order valence-corrected chi connectivity index (χ3v) is 5.46. The van der Waals surface area contributed by atoms with Gasteiger partial charge in [-0.05, 0) is 36.4 Å². The van der Waals surface area contributed by atoms with Crippen molar-refractivity contribution < 1.29 is 27.5 Å². The summed E-state index contributed by atoms with van der Waals surface area (Å²) in [5.74, 6) is -1.44. The molecule has 6 nitrogen and oxygen atoms in total. The van der Waals surface area contributed by atoms with Crippen LogP contribution in [0.15, 0.2) is 53.4 Å². The summed E-state index contributed by atoms with van der Waals surface area (Å²) in [5, 5.41) is 0.106. The first-order chi connectivity index (χ1) is 11.8. The van der Waals surface area contributed by atoms with Crippen LogP contribution in [0.2, 0.25) is 5.02 Å². The van der Waals surface area contributed by atoms with Crippen molar-refractivity contribution in [2.24, 2.45) is 0 Å². The van der Waals surface area contributed by atoms with Gasteiger partial charge in [-0.15, -0.1) is 0 Å². The number of ether oxygens (including phenoxy) is 2. The van der Waals surface area contributed by atoms with Crippen LogP contribution in [0, 0.1) is 0 Å². The molecular formula is C17H15ClO6S. The van der Waals surface area contributed by atoms with Crippen molar-refractivity contribution in [3.8, 4) is 5.75 Å². The number of hydrogen-bond acceptors (Lipinski definition) is 6. The largest absolute Gasteiger partial charge is 0.465 e.